The van der Waals surface area contributed by atoms with E-state index in [-0.39, 0.29) is 5.75 Å². The van der Waals surface area contributed by atoms with Gasteiger partial charge in [0.25, 0.3) is 0 Å². The van der Waals surface area contributed by atoms with Gasteiger partial charge >= 0.3 is 0 Å². The summed E-state index contributed by atoms with van der Waals surface area (Å²) < 4.78 is 26.2. The van der Waals surface area contributed by atoms with E-state index in [1.54, 1.807) is 25.1 Å². The fourth-order valence-corrected chi connectivity index (χ4v) is 2.70. The van der Waals surface area contributed by atoms with Crippen LogP contribution in [0.5, 0.6) is 0 Å². The van der Waals surface area contributed by atoms with Crippen molar-refractivity contribution in [3.8, 4) is 6.07 Å². The average Bonchev–Trinajstić information content (AvgIpc) is 2.20. The Labute approximate surface area is 103 Å². The fraction of sp³-hybridized carbons (Fsp3) is 0.300. The minimum atomic E-state index is -3.35. The maximum Gasteiger partial charge on any atom is 0.232 e. The van der Waals surface area contributed by atoms with E-state index < -0.39 is 10.0 Å². The zero-order valence-electron chi connectivity index (χ0n) is 8.70. The van der Waals surface area contributed by atoms with Gasteiger partial charge in [0, 0.05) is 4.47 Å². The minimum Gasteiger partial charge on any atom is -0.282 e. The van der Waals surface area contributed by atoms with Gasteiger partial charge in [0.15, 0.2) is 0 Å². The minimum absolute atomic E-state index is 0.0495. The molecule has 0 spiro atoms. The Balaban J connectivity index is 3.03. The van der Waals surface area contributed by atoms with Gasteiger partial charge in [-0.15, -0.1) is 0 Å². The van der Waals surface area contributed by atoms with Gasteiger partial charge in [-0.1, -0.05) is 22.9 Å². The summed E-state index contributed by atoms with van der Waals surface area (Å²) >= 11 is 3.22. The summed E-state index contributed by atoms with van der Waals surface area (Å²) in [5, 5.41) is 8.86. The molecule has 1 N–H and O–H groups in total. The van der Waals surface area contributed by atoms with Crippen LogP contribution in [0.1, 0.15) is 18.9 Å². The number of halogens is 1. The molecule has 0 aliphatic heterocycles. The number of benzene rings is 1. The smallest absolute Gasteiger partial charge is 0.232 e. The van der Waals surface area contributed by atoms with Crippen LogP contribution in [0, 0.1) is 11.3 Å². The molecule has 0 saturated carbocycles. The first-order chi connectivity index (χ1) is 7.48. The van der Waals surface area contributed by atoms with Crippen LogP contribution < -0.4 is 4.72 Å². The Hall–Kier alpha value is -1.06. The van der Waals surface area contributed by atoms with Gasteiger partial charge in [0.05, 0.1) is 17.0 Å². The maximum atomic E-state index is 11.5. The lowest BCUT2D eigenvalue weighted by Gasteiger charge is -2.08. The molecule has 4 nitrogen and oxygen atoms in total. The normalized spacial score (nSPS) is 10.8. The van der Waals surface area contributed by atoms with Crippen molar-refractivity contribution in [2.75, 3.05) is 10.5 Å². The third-order valence-corrected chi connectivity index (χ3v) is 3.81. The maximum absolute atomic E-state index is 11.5. The Morgan fingerprint density at radius 2 is 2.19 bits per heavy atom. The Bertz CT molecular complexity index is 520. The van der Waals surface area contributed by atoms with Crippen molar-refractivity contribution in [1.82, 2.24) is 0 Å². The second-order valence-electron chi connectivity index (χ2n) is 3.22. The first-order valence-corrected chi connectivity index (χ1v) is 7.13. The zero-order chi connectivity index (χ0) is 12.2. The summed E-state index contributed by atoms with van der Waals surface area (Å²) in [6.07, 6.45) is 0.535. The Kier molecular flexibility index (Phi) is 4.33. The van der Waals surface area contributed by atoms with Crippen LogP contribution in [0.3, 0.4) is 0 Å². The summed E-state index contributed by atoms with van der Waals surface area (Å²) in [5.41, 5.74) is 0.619. The summed E-state index contributed by atoms with van der Waals surface area (Å²) in [7, 11) is -3.35. The summed E-state index contributed by atoms with van der Waals surface area (Å²) in [4.78, 5) is 0. The molecule has 0 aliphatic carbocycles. The van der Waals surface area contributed by atoms with Crippen LogP contribution in [0.25, 0.3) is 0 Å². The van der Waals surface area contributed by atoms with E-state index in [4.69, 9.17) is 5.26 Å². The quantitative estimate of drug-likeness (QED) is 0.929. The molecule has 0 bridgehead atoms. The molecule has 0 amide bonds. The highest BCUT2D eigenvalue weighted by Gasteiger charge is 2.11. The molecule has 0 heterocycles. The number of hydrogen-bond acceptors (Lipinski definition) is 3. The molecule has 1 rings (SSSR count). The molecule has 0 fully saturated rings. The third-order valence-electron chi connectivity index (χ3n) is 1.84. The lowest BCUT2D eigenvalue weighted by Crippen LogP contribution is -2.16. The highest BCUT2D eigenvalue weighted by atomic mass is 79.9. The second-order valence-corrected chi connectivity index (χ2v) is 5.98. The van der Waals surface area contributed by atoms with Crippen molar-refractivity contribution in [3.05, 3.63) is 28.2 Å². The van der Waals surface area contributed by atoms with Crippen LogP contribution in [0.4, 0.5) is 5.69 Å². The van der Waals surface area contributed by atoms with Crippen LogP contribution in [-0.4, -0.2) is 14.2 Å². The van der Waals surface area contributed by atoms with E-state index in [0.717, 1.165) is 4.47 Å². The Morgan fingerprint density at radius 3 is 2.75 bits per heavy atom. The SMILES string of the molecule is CCCS(=O)(=O)Nc1ccc(Br)cc1C#N. The predicted molar refractivity (Wildman–Crippen MR) is 66.6 cm³/mol. The summed E-state index contributed by atoms with van der Waals surface area (Å²) in [6.45, 7) is 1.78. The van der Waals surface area contributed by atoms with Gasteiger partial charge in [-0.25, -0.2) is 8.42 Å². The third kappa shape index (κ3) is 3.51. The van der Waals surface area contributed by atoms with Gasteiger partial charge < -0.3 is 0 Å². The fourth-order valence-electron chi connectivity index (χ4n) is 1.19. The van der Waals surface area contributed by atoms with E-state index in [9.17, 15) is 8.42 Å². The van der Waals surface area contributed by atoms with Gasteiger partial charge in [0.2, 0.25) is 10.0 Å². The van der Waals surface area contributed by atoms with E-state index >= 15 is 0 Å². The van der Waals surface area contributed by atoms with Crippen LogP contribution in [0.2, 0.25) is 0 Å². The van der Waals surface area contributed by atoms with Crippen molar-refractivity contribution in [3.63, 3.8) is 0 Å². The average molecular weight is 303 g/mol. The van der Waals surface area contributed by atoms with Crippen molar-refractivity contribution in [2.45, 2.75) is 13.3 Å². The molecule has 86 valence electrons. The number of nitriles is 1. The van der Waals surface area contributed by atoms with Gasteiger partial charge in [-0.2, -0.15) is 5.26 Å². The molecule has 0 aliphatic rings. The summed E-state index contributed by atoms with van der Waals surface area (Å²) in [6, 6.07) is 6.77. The van der Waals surface area contributed by atoms with E-state index in [0.29, 0.717) is 17.7 Å². The lowest BCUT2D eigenvalue weighted by atomic mass is 10.2. The van der Waals surface area contributed by atoms with Gasteiger partial charge in [-0.3, -0.25) is 4.72 Å². The highest BCUT2D eigenvalue weighted by Crippen LogP contribution is 2.21. The van der Waals surface area contributed by atoms with Crippen molar-refractivity contribution in [1.29, 1.82) is 5.26 Å². The molecule has 16 heavy (non-hydrogen) atoms. The van der Waals surface area contributed by atoms with Crippen LogP contribution >= 0.6 is 15.9 Å². The predicted octanol–water partition coefficient (Wildman–Crippen LogP) is 2.47. The number of rotatable bonds is 4. The topological polar surface area (TPSA) is 70.0 Å². The lowest BCUT2D eigenvalue weighted by molar-refractivity contribution is 0.600. The van der Waals surface area contributed by atoms with E-state index in [2.05, 4.69) is 20.7 Å². The first-order valence-electron chi connectivity index (χ1n) is 4.68. The molecule has 0 saturated heterocycles. The molecule has 0 radical (unpaired) electrons. The first kappa shape index (κ1) is 13.0. The van der Waals surface area contributed by atoms with Crippen LogP contribution in [0.15, 0.2) is 22.7 Å². The number of nitrogens with one attached hydrogen (secondary N) is 1. The molecule has 0 aromatic heterocycles. The van der Waals surface area contributed by atoms with Crippen molar-refractivity contribution < 1.29 is 8.42 Å². The number of hydrogen-bond donors (Lipinski definition) is 1. The number of sulfonamides is 1. The van der Waals surface area contributed by atoms with Gasteiger partial charge in [-0.05, 0) is 24.6 Å². The van der Waals surface area contributed by atoms with E-state index in [1.807, 2.05) is 6.07 Å². The van der Waals surface area contributed by atoms with Crippen LogP contribution in [-0.2, 0) is 10.0 Å². The standard InChI is InChI=1S/C10H11BrN2O2S/c1-2-5-16(14,15)13-10-4-3-9(11)6-8(10)7-12/h3-4,6,13H,2,5H2,1H3. The number of anilines is 1. The molecule has 6 heteroatoms. The zero-order valence-corrected chi connectivity index (χ0v) is 11.1. The second kappa shape index (κ2) is 5.32. The monoisotopic (exact) mass is 302 g/mol. The largest absolute Gasteiger partial charge is 0.282 e. The molecule has 1 aromatic carbocycles. The molecule has 1 aromatic rings. The molecular formula is C10H11BrN2O2S. The van der Waals surface area contributed by atoms with Crippen molar-refractivity contribution in [2.24, 2.45) is 0 Å². The highest BCUT2D eigenvalue weighted by molar-refractivity contribution is 9.10. The van der Waals surface area contributed by atoms with Gasteiger partial charge in [0.1, 0.15) is 6.07 Å². The van der Waals surface area contributed by atoms with E-state index in [1.165, 1.54) is 0 Å². The molecular weight excluding hydrogens is 292 g/mol. The molecule has 0 atom stereocenters. The molecule has 0 unspecified atom stereocenters. The Morgan fingerprint density at radius 1 is 1.50 bits per heavy atom. The number of nitrogens with zero attached hydrogens (tertiary/aromatic N) is 1. The summed E-state index contributed by atoms with van der Waals surface area (Å²) in [5.74, 6) is 0.0495. The van der Waals surface area contributed by atoms with Crippen molar-refractivity contribution >= 4 is 31.6 Å².